The van der Waals surface area contributed by atoms with Crippen LogP contribution in [0.5, 0.6) is 11.5 Å². The third kappa shape index (κ3) is 1.74. The van der Waals surface area contributed by atoms with Crippen LogP contribution in [-0.4, -0.2) is 16.8 Å². The Hall–Kier alpha value is -1.74. The van der Waals surface area contributed by atoms with Gasteiger partial charge in [-0.25, -0.2) is 0 Å². The van der Waals surface area contributed by atoms with E-state index in [0.717, 1.165) is 17.4 Å². The Morgan fingerprint density at radius 1 is 1.07 bits per heavy atom. The van der Waals surface area contributed by atoms with Crippen LogP contribution in [0.25, 0.3) is 10.8 Å². The number of rotatable bonds is 2. The maximum atomic E-state index is 9.67. The fourth-order valence-electron chi connectivity index (χ4n) is 1.66. The molecule has 2 rings (SSSR count). The van der Waals surface area contributed by atoms with Gasteiger partial charge < -0.3 is 15.9 Å². The maximum Gasteiger partial charge on any atom is 0.165 e. The van der Waals surface area contributed by atoms with Crippen molar-refractivity contribution >= 4 is 10.8 Å². The van der Waals surface area contributed by atoms with Gasteiger partial charge in [-0.05, 0) is 36.0 Å². The fourth-order valence-corrected chi connectivity index (χ4v) is 1.66. The summed E-state index contributed by atoms with van der Waals surface area (Å²) < 4.78 is 0. The Bertz CT molecular complexity index is 494. The number of aromatic hydroxyl groups is 2. The van der Waals surface area contributed by atoms with Crippen LogP contribution in [0.15, 0.2) is 30.3 Å². The summed E-state index contributed by atoms with van der Waals surface area (Å²) in [5.41, 5.74) is 6.52. The topological polar surface area (TPSA) is 66.5 Å². The van der Waals surface area contributed by atoms with Gasteiger partial charge in [0.2, 0.25) is 0 Å². The van der Waals surface area contributed by atoms with Gasteiger partial charge in [-0.3, -0.25) is 0 Å². The largest absolute Gasteiger partial charge is 0.504 e. The second-order valence-corrected chi connectivity index (χ2v) is 3.53. The molecule has 0 aliphatic carbocycles. The van der Waals surface area contributed by atoms with E-state index >= 15 is 0 Å². The van der Waals surface area contributed by atoms with Crippen molar-refractivity contribution < 1.29 is 10.2 Å². The summed E-state index contributed by atoms with van der Waals surface area (Å²) in [5.74, 6) is -0.154. The Kier molecular flexibility index (Phi) is 2.47. The van der Waals surface area contributed by atoms with Crippen molar-refractivity contribution in [2.24, 2.45) is 5.73 Å². The molecular weight excluding hydrogens is 190 g/mol. The van der Waals surface area contributed by atoms with E-state index in [1.165, 1.54) is 6.07 Å². The molecule has 0 aromatic heterocycles. The minimum absolute atomic E-state index is 0.0635. The summed E-state index contributed by atoms with van der Waals surface area (Å²) in [4.78, 5) is 0. The molecule has 0 saturated carbocycles. The molecule has 0 atom stereocenters. The predicted molar refractivity (Wildman–Crippen MR) is 60.0 cm³/mol. The molecule has 0 aliphatic rings. The zero-order chi connectivity index (χ0) is 10.8. The van der Waals surface area contributed by atoms with Crippen molar-refractivity contribution in [2.45, 2.75) is 6.42 Å². The van der Waals surface area contributed by atoms with Crippen molar-refractivity contribution in [3.63, 3.8) is 0 Å². The quantitative estimate of drug-likeness (QED) is 0.651. The Labute approximate surface area is 87.8 Å². The van der Waals surface area contributed by atoms with Crippen LogP contribution in [0.1, 0.15) is 5.56 Å². The van der Waals surface area contributed by atoms with Crippen LogP contribution < -0.4 is 5.73 Å². The van der Waals surface area contributed by atoms with Gasteiger partial charge in [0.25, 0.3) is 0 Å². The van der Waals surface area contributed by atoms with Crippen LogP contribution in [0.4, 0.5) is 0 Å². The number of benzene rings is 2. The molecular formula is C12H13NO2. The zero-order valence-corrected chi connectivity index (χ0v) is 8.27. The first kappa shape index (κ1) is 9.80. The zero-order valence-electron chi connectivity index (χ0n) is 8.27. The average molecular weight is 203 g/mol. The second-order valence-electron chi connectivity index (χ2n) is 3.53. The fraction of sp³-hybridized carbons (Fsp3) is 0.167. The van der Waals surface area contributed by atoms with E-state index < -0.39 is 0 Å². The minimum Gasteiger partial charge on any atom is -0.504 e. The standard InChI is InChI=1S/C12H13NO2/c13-6-5-8-1-2-9-3-4-11(14)12(15)10(9)7-8/h1-4,7,14-15H,5-6,13H2. The number of fused-ring (bicyclic) bond motifs is 1. The third-order valence-electron chi connectivity index (χ3n) is 2.47. The first-order valence-electron chi connectivity index (χ1n) is 4.86. The number of hydrogen-bond acceptors (Lipinski definition) is 3. The van der Waals surface area contributed by atoms with E-state index in [9.17, 15) is 10.2 Å². The lowest BCUT2D eigenvalue weighted by Crippen LogP contribution is -2.02. The van der Waals surface area contributed by atoms with Crippen molar-refractivity contribution in [2.75, 3.05) is 6.54 Å². The van der Waals surface area contributed by atoms with Crippen LogP contribution >= 0.6 is 0 Å². The number of nitrogens with two attached hydrogens (primary N) is 1. The first-order chi connectivity index (χ1) is 7.22. The highest BCUT2D eigenvalue weighted by molar-refractivity contribution is 5.90. The first-order valence-corrected chi connectivity index (χ1v) is 4.86. The number of phenolic OH excluding ortho intramolecular Hbond substituents is 2. The smallest absolute Gasteiger partial charge is 0.165 e. The maximum absolute atomic E-state index is 9.67. The van der Waals surface area contributed by atoms with Crippen molar-refractivity contribution in [1.82, 2.24) is 0 Å². The van der Waals surface area contributed by atoms with Crippen LogP contribution in [0.3, 0.4) is 0 Å². The lowest BCUT2D eigenvalue weighted by molar-refractivity contribution is 0.408. The monoisotopic (exact) mass is 203 g/mol. The Morgan fingerprint density at radius 3 is 2.53 bits per heavy atom. The molecule has 0 amide bonds. The van der Waals surface area contributed by atoms with Gasteiger partial charge in [0.05, 0.1) is 0 Å². The summed E-state index contributed by atoms with van der Waals surface area (Å²) >= 11 is 0. The molecule has 3 heteroatoms. The highest BCUT2D eigenvalue weighted by atomic mass is 16.3. The Morgan fingerprint density at radius 2 is 1.80 bits per heavy atom. The summed E-state index contributed by atoms with van der Waals surface area (Å²) in [6.45, 7) is 0.574. The molecule has 78 valence electrons. The molecule has 0 unspecified atom stereocenters. The molecule has 15 heavy (non-hydrogen) atoms. The summed E-state index contributed by atoms with van der Waals surface area (Å²) in [6.07, 6.45) is 0.769. The molecule has 0 aliphatic heterocycles. The van der Waals surface area contributed by atoms with Crippen molar-refractivity contribution in [3.05, 3.63) is 35.9 Å². The highest BCUT2D eigenvalue weighted by Crippen LogP contribution is 2.33. The second kappa shape index (κ2) is 3.79. The number of hydrogen-bond donors (Lipinski definition) is 3. The molecule has 0 bridgehead atoms. The molecule has 3 nitrogen and oxygen atoms in total. The molecule has 0 radical (unpaired) electrons. The van der Waals surface area contributed by atoms with E-state index in [4.69, 9.17) is 5.73 Å². The molecule has 0 heterocycles. The lowest BCUT2D eigenvalue weighted by atomic mass is 10.0. The summed E-state index contributed by atoms with van der Waals surface area (Å²) in [6, 6.07) is 9.01. The molecule has 0 saturated heterocycles. The van der Waals surface area contributed by atoms with Gasteiger partial charge in [0.15, 0.2) is 11.5 Å². The van der Waals surface area contributed by atoms with E-state index in [-0.39, 0.29) is 11.5 Å². The SMILES string of the molecule is NCCc1ccc2ccc(O)c(O)c2c1. The van der Waals surface area contributed by atoms with Crippen molar-refractivity contribution in [3.8, 4) is 11.5 Å². The molecule has 4 N–H and O–H groups in total. The highest BCUT2D eigenvalue weighted by Gasteiger charge is 2.05. The average Bonchev–Trinajstić information content (AvgIpc) is 2.25. The van der Waals surface area contributed by atoms with Gasteiger partial charge in [0.1, 0.15) is 0 Å². The molecule has 2 aromatic carbocycles. The summed E-state index contributed by atoms with van der Waals surface area (Å²) in [5, 5.41) is 20.6. The van der Waals surface area contributed by atoms with E-state index in [1.807, 2.05) is 18.2 Å². The summed E-state index contributed by atoms with van der Waals surface area (Å²) in [7, 11) is 0. The van der Waals surface area contributed by atoms with Gasteiger partial charge in [-0.1, -0.05) is 18.2 Å². The van der Waals surface area contributed by atoms with Crippen LogP contribution in [0, 0.1) is 0 Å². The molecule has 2 aromatic rings. The van der Waals surface area contributed by atoms with E-state index in [2.05, 4.69) is 0 Å². The normalized spacial score (nSPS) is 10.7. The number of phenols is 2. The van der Waals surface area contributed by atoms with E-state index in [1.54, 1.807) is 6.07 Å². The third-order valence-corrected chi connectivity index (χ3v) is 2.47. The lowest BCUT2D eigenvalue weighted by Gasteiger charge is -2.05. The molecule has 0 fully saturated rings. The van der Waals surface area contributed by atoms with E-state index in [0.29, 0.717) is 11.9 Å². The van der Waals surface area contributed by atoms with Crippen LogP contribution in [0.2, 0.25) is 0 Å². The van der Waals surface area contributed by atoms with Gasteiger partial charge in [0, 0.05) is 5.39 Å². The van der Waals surface area contributed by atoms with Crippen molar-refractivity contribution in [1.29, 1.82) is 0 Å². The Balaban J connectivity index is 2.63. The van der Waals surface area contributed by atoms with Gasteiger partial charge >= 0.3 is 0 Å². The minimum atomic E-state index is -0.0904. The van der Waals surface area contributed by atoms with Crippen LogP contribution in [-0.2, 0) is 6.42 Å². The predicted octanol–water partition coefficient (Wildman–Crippen LogP) is 1.75. The van der Waals surface area contributed by atoms with Gasteiger partial charge in [-0.2, -0.15) is 0 Å². The van der Waals surface area contributed by atoms with Gasteiger partial charge in [-0.15, -0.1) is 0 Å². The molecule has 0 spiro atoms.